The Labute approximate surface area is 178 Å². The van der Waals surface area contributed by atoms with Crippen LogP contribution in [0.15, 0.2) is 48.5 Å². The van der Waals surface area contributed by atoms with E-state index in [2.05, 4.69) is 51.6 Å². The number of imide groups is 1. The van der Waals surface area contributed by atoms with Crippen LogP contribution in [-0.4, -0.2) is 46.5 Å². The van der Waals surface area contributed by atoms with Gasteiger partial charge in [-0.15, -0.1) is 0 Å². The number of nitrogens with zero attached hydrogens (tertiary/aromatic N) is 3. The zero-order chi connectivity index (χ0) is 21.4. The number of aromatic nitrogens is 2. The summed E-state index contributed by atoms with van der Waals surface area (Å²) in [5.41, 5.74) is 5.13. The van der Waals surface area contributed by atoms with E-state index in [1.807, 2.05) is 37.4 Å². The summed E-state index contributed by atoms with van der Waals surface area (Å²) in [4.78, 5) is 28.2. The highest BCUT2D eigenvalue weighted by Gasteiger charge is 2.36. The molecule has 0 aliphatic carbocycles. The number of para-hydroxylation sites is 2. The molecule has 1 aliphatic rings. The smallest absolute Gasteiger partial charge is 0.259 e. The Bertz CT molecular complexity index is 1590. The second-order valence-corrected chi connectivity index (χ2v) is 8.53. The number of hydrogen-bond donors (Lipinski definition) is 1. The number of amides is 2. The molecule has 31 heavy (non-hydrogen) atoms. The first-order valence-electron chi connectivity index (χ1n) is 10.4. The summed E-state index contributed by atoms with van der Waals surface area (Å²) < 4.78 is 4.47. The highest BCUT2D eigenvalue weighted by Crippen LogP contribution is 2.44. The Morgan fingerprint density at radius 1 is 0.806 bits per heavy atom. The number of carbonyl (C=O) groups is 2. The maximum atomic E-state index is 13.0. The minimum absolute atomic E-state index is 0.310. The Morgan fingerprint density at radius 3 is 2.00 bits per heavy atom. The second kappa shape index (κ2) is 6.18. The number of nitrogens with one attached hydrogen (secondary N) is 1. The van der Waals surface area contributed by atoms with Crippen LogP contribution in [-0.2, 0) is 13.6 Å². The Hall–Kier alpha value is -3.64. The van der Waals surface area contributed by atoms with E-state index in [0.717, 1.165) is 56.7 Å². The van der Waals surface area contributed by atoms with Crippen molar-refractivity contribution in [2.45, 2.75) is 6.54 Å². The SMILES string of the molecule is CN(C)CCn1c2ccccc2c2c3c(c4c5ccccc5n(C)c4c21)C(=O)NC3=O. The summed E-state index contributed by atoms with van der Waals surface area (Å²) in [7, 11) is 6.16. The van der Waals surface area contributed by atoms with Gasteiger partial charge in [-0.2, -0.15) is 0 Å². The van der Waals surface area contributed by atoms with Crippen LogP contribution >= 0.6 is 0 Å². The zero-order valence-electron chi connectivity index (χ0n) is 17.7. The molecule has 0 atom stereocenters. The number of carbonyl (C=O) groups excluding carboxylic acids is 2. The normalized spacial score (nSPS) is 13.9. The van der Waals surface area contributed by atoms with Gasteiger partial charge in [0.05, 0.1) is 22.2 Å². The van der Waals surface area contributed by atoms with Crippen LogP contribution in [0.1, 0.15) is 20.7 Å². The molecule has 0 fully saturated rings. The number of aryl methyl sites for hydroxylation is 1. The molecule has 1 N–H and O–H groups in total. The van der Waals surface area contributed by atoms with Gasteiger partial charge in [-0.3, -0.25) is 14.9 Å². The first kappa shape index (κ1) is 18.2. The van der Waals surface area contributed by atoms with E-state index in [0.29, 0.717) is 11.1 Å². The highest BCUT2D eigenvalue weighted by atomic mass is 16.2. The topological polar surface area (TPSA) is 59.3 Å². The third-order valence-electron chi connectivity index (χ3n) is 6.50. The van der Waals surface area contributed by atoms with Crippen LogP contribution in [0.2, 0.25) is 0 Å². The summed E-state index contributed by atoms with van der Waals surface area (Å²) >= 11 is 0. The van der Waals surface area contributed by atoms with Crippen molar-refractivity contribution in [2.75, 3.05) is 20.6 Å². The van der Waals surface area contributed by atoms with E-state index in [9.17, 15) is 9.59 Å². The average molecular weight is 410 g/mol. The molecule has 6 rings (SSSR count). The van der Waals surface area contributed by atoms with Crippen LogP contribution in [0.3, 0.4) is 0 Å². The minimum atomic E-state index is -0.312. The van der Waals surface area contributed by atoms with Gasteiger partial charge in [-0.05, 0) is 26.2 Å². The van der Waals surface area contributed by atoms with Crippen LogP contribution in [0, 0.1) is 0 Å². The van der Waals surface area contributed by atoms with Crippen molar-refractivity contribution in [2.24, 2.45) is 7.05 Å². The molecule has 3 aromatic carbocycles. The van der Waals surface area contributed by atoms with Gasteiger partial charge >= 0.3 is 0 Å². The molecule has 1 aliphatic heterocycles. The lowest BCUT2D eigenvalue weighted by molar-refractivity contribution is 0.0880. The standard InChI is InChI=1S/C25H22N4O2/c1-27(2)12-13-29-17-11-7-5-9-15(17)19-21-20(24(30)26-25(21)31)18-14-8-4-6-10-16(14)28(3)22(18)23(19)29/h4-11H,12-13H2,1-3H3,(H,26,30,31). The number of likely N-dealkylation sites (N-methyl/N-ethyl adjacent to an activating group) is 1. The van der Waals surface area contributed by atoms with E-state index < -0.39 is 0 Å². The fourth-order valence-electron chi connectivity index (χ4n) is 5.19. The molecule has 0 radical (unpaired) electrons. The predicted octanol–water partition coefficient (Wildman–Crippen LogP) is 3.88. The van der Waals surface area contributed by atoms with Crippen molar-refractivity contribution in [3.05, 3.63) is 59.7 Å². The van der Waals surface area contributed by atoms with E-state index in [4.69, 9.17) is 0 Å². The van der Waals surface area contributed by atoms with Gasteiger partial charge in [-0.1, -0.05) is 36.4 Å². The molecule has 0 unspecified atom stereocenters. The van der Waals surface area contributed by atoms with Crippen molar-refractivity contribution < 1.29 is 9.59 Å². The van der Waals surface area contributed by atoms with Gasteiger partial charge in [0.1, 0.15) is 0 Å². The largest absolute Gasteiger partial charge is 0.342 e. The molecule has 3 heterocycles. The molecular weight excluding hydrogens is 388 g/mol. The van der Waals surface area contributed by atoms with E-state index in [1.54, 1.807) is 0 Å². The molecule has 0 saturated heterocycles. The third-order valence-corrected chi connectivity index (χ3v) is 6.50. The maximum Gasteiger partial charge on any atom is 0.259 e. The van der Waals surface area contributed by atoms with Gasteiger partial charge in [0.2, 0.25) is 0 Å². The van der Waals surface area contributed by atoms with Crippen molar-refractivity contribution in [3.8, 4) is 0 Å². The van der Waals surface area contributed by atoms with Gasteiger partial charge in [0.25, 0.3) is 11.8 Å². The first-order chi connectivity index (χ1) is 15.0. The lowest BCUT2D eigenvalue weighted by atomic mass is 9.96. The first-order valence-corrected chi connectivity index (χ1v) is 10.4. The van der Waals surface area contributed by atoms with Gasteiger partial charge in [0.15, 0.2) is 0 Å². The van der Waals surface area contributed by atoms with E-state index in [-0.39, 0.29) is 11.8 Å². The van der Waals surface area contributed by atoms with Crippen LogP contribution in [0.4, 0.5) is 0 Å². The molecule has 5 aromatic rings. The second-order valence-electron chi connectivity index (χ2n) is 8.53. The molecule has 6 heteroatoms. The summed E-state index contributed by atoms with van der Waals surface area (Å²) in [6, 6.07) is 16.2. The summed E-state index contributed by atoms with van der Waals surface area (Å²) in [6.45, 7) is 1.64. The molecule has 0 saturated carbocycles. The number of benzene rings is 3. The van der Waals surface area contributed by atoms with Gasteiger partial charge in [-0.25, -0.2) is 0 Å². The summed E-state index contributed by atoms with van der Waals surface area (Å²) in [5, 5.41) is 6.28. The fourth-order valence-corrected chi connectivity index (χ4v) is 5.19. The molecule has 2 aromatic heterocycles. The van der Waals surface area contributed by atoms with Crippen LogP contribution in [0.25, 0.3) is 43.6 Å². The van der Waals surface area contributed by atoms with Crippen molar-refractivity contribution in [1.29, 1.82) is 0 Å². The Balaban J connectivity index is 1.95. The number of rotatable bonds is 3. The lowest BCUT2D eigenvalue weighted by Gasteiger charge is -2.14. The molecule has 0 spiro atoms. The molecule has 0 bridgehead atoms. The number of fused-ring (bicyclic) bond motifs is 10. The maximum absolute atomic E-state index is 13.0. The molecular formula is C25H22N4O2. The zero-order valence-corrected chi connectivity index (χ0v) is 17.7. The van der Waals surface area contributed by atoms with Gasteiger partial charge < -0.3 is 14.0 Å². The van der Waals surface area contributed by atoms with Crippen molar-refractivity contribution >= 4 is 55.4 Å². The van der Waals surface area contributed by atoms with Crippen LogP contribution < -0.4 is 5.32 Å². The quantitative estimate of drug-likeness (QED) is 0.459. The van der Waals surface area contributed by atoms with Crippen molar-refractivity contribution in [1.82, 2.24) is 19.4 Å². The van der Waals surface area contributed by atoms with Gasteiger partial charge in [0, 0.05) is 52.7 Å². The Kier molecular flexibility index (Phi) is 3.62. The van der Waals surface area contributed by atoms with Crippen LogP contribution in [0.5, 0.6) is 0 Å². The monoisotopic (exact) mass is 410 g/mol. The summed E-state index contributed by atoms with van der Waals surface area (Å²) in [6.07, 6.45) is 0. The number of hydrogen-bond acceptors (Lipinski definition) is 3. The summed E-state index contributed by atoms with van der Waals surface area (Å²) in [5.74, 6) is -0.622. The van der Waals surface area contributed by atoms with E-state index in [1.165, 1.54) is 0 Å². The molecule has 154 valence electrons. The fraction of sp³-hybridized carbons (Fsp3) is 0.200. The molecule has 2 amide bonds. The third kappa shape index (κ3) is 2.25. The Morgan fingerprint density at radius 2 is 1.35 bits per heavy atom. The molecule has 6 nitrogen and oxygen atoms in total. The lowest BCUT2D eigenvalue weighted by Crippen LogP contribution is -2.20. The minimum Gasteiger partial charge on any atom is -0.342 e. The van der Waals surface area contributed by atoms with Crippen molar-refractivity contribution in [3.63, 3.8) is 0 Å². The average Bonchev–Trinajstić information content (AvgIpc) is 3.35. The predicted molar refractivity (Wildman–Crippen MR) is 124 cm³/mol. The van der Waals surface area contributed by atoms with E-state index >= 15 is 0 Å². The highest BCUT2D eigenvalue weighted by molar-refractivity contribution is 6.39.